The van der Waals surface area contributed by atoms with Crippen LogP contribution in [0.4, 0.5) is 5.69 Å². The molecule has 1 aromatic heterocycles. The van der Waals surface area contributed by atoms with E-state index in [9.17, 15) is 4.79 Å². The predicted molar refractivity (Wildman–Crippen MR) is 109 cm³/mol. The SMILES string of the molecule is CC(C)c1ccc(CN2CC[C@@]3(CC(C(=O)Nc4cccnc4)=NO3)C2)cc1. The summed E-state index contributed by atoms with van der Waals surface area (Å²) in [4.78, 5) is 24.6. The van der Waals surface area contributed by atoms with Crippen LogP contribution in [0.5, 0.6) is 0 Å². The van der Waals surface area contributed by atoms with Gasteiger partial charge in [0.15, 0.2) is 5.60 Å². The number of pyridine rings is 1. The Morgan fingerprint density at radius 1 is 1.29 bits per heavy atom. The molecule has 1 saturated heterocycles. The molecule has 28 heavy (non-hydrogen) atoms. The van der Waals surface area contributed by atoms with Crippen molar-refractivity contribution in [3.05, 3.63) is 59.9 Å². The average Bonchev–Trinajstić information content (AvgIpc) is 3.30. The second-order valence-electron chi connectivity index (χ2n) is 8.04. The van der Waals surface area contributed by atoms with Crippen LogP contribution in [0.25, 0.3) is 0 Å². The zero-order chi connectivity index (χ0) is 19.6. The fourth-order valence-electron chi connectivity index (χ4n) is 3.83. The first-order chi connectivity index (χ1) is 13.5. The molecule has 3 heterocycles. The Balaban J connectivity index is 1.32. The van der Waals surface area contributed by atoms with E-state index >= 15 is 0 Å². The molecule has 0 saturated carbocycles. The Morgan fingerprint density at radius 3 is 2.82 bits per heavy atom. The van der Waals surface area contributed by atoms with E-state index < -0.39 is 0 Å². The summed E-state index contributed by atoms with van der Waals surface area (Å²) < 4.78 is 0. The molecule has 0 radical (unpaired) electrons. The van der Waals surface area contributed by atoms with Gasteiger partial charge in [-0.15, -0.1) is 0 Å². The molecule has 0 aliphatic carbocycles. The van der Waals surface area contributed by atoms with E-state index in [1.165, 1.54) is 11.1 Å². The molecule has 4 rings (SSSR count). The maximum Gasteiger partial charge on any atom is 0.273 e. The summed E-state index contributed by atoms with van der Waals surface area (Å²) in [6, 6.07) is 12.4. The Labute approximate surface area is 165 Å². The Kier molecular flexibility index (Phi) is 5.13. The number of carbonyl (C=O) groups excluding carboxylic acids is 1. The van der Waals surface area contributed by atoms with E-state index in [-0.39, 0.29) is 11.5 Å². The topological polar surface area (TPSA) is 66.8 Å². The number of oxime groups is 1. The van der Waals surface area contributed by atoms with Gasteiger partial charge in [0.1, 0.15) is 5.71 Å². The third-order valence-electron chi connectivity index (χ3n) is 5.47. The smallest absolute Gasteiger partial charge is 0.273 e. The first-order valence-corrected chi connectivity index (χ1v) is 9.81. The van der Waals surface area contributed by atoms with Gasteiger partial charge in [-0.2, -0.15) is 0 Å². The highest BCUT2D eigenvalue weighted by Crippen LogP contribution is 2.34. The Bertz CT molecular complexity index is 864. The van der Waals surface area contributed by atoms with Gasteiger partial charge in [-0.3, -0.25) is 14.7 Å². The molecule has 6 heteroatoms. The largest absolute Gasteiger partial charge is 0.387 e. The van der Waals surface area contributed by atoms with Gasteiger partial charge in [0.2, 0.25) is 0 Å². The monoisotopic (exact) mass is 378 g/mol. The second kappa shape index (κ2) is 7.72. The van der Waals surface area contributed by atoms with Crippen LogP contribution in [0.15, 0.2) is 53.9 Å². The molecule has 146 valence electrons. The molecule has 1 aromatic carbocycles. The minimum absolute atomic E-state index is 0.215. The lowest BCUT2D eigenvalue weighted by Crippen LogP contribution is -2.35. The third kappa shape index (κ3) is 4.07. The average molecular weight is 378 g/mol. The normalized spacial score (nSPS) is 21.8. The van der Waals surface area contributed by atoms with E-state index in [2.05, 4.69) is 58.5 Å². The molecule has 0 unspecified atom stereocenters. The molecule has 2 aromatic rings. The van der Waals surface area contributed by atoms with E-state index in [0.29, 0.717) is 23.7 Å². The lowest BCUT2D eigenvalue weighted by Gasteiger charge is -2.22. The Hall–Kier alpha value is -2.73. The van der Waals surface area contributed by atoms with Gasteiger partial charge in [-0.05, 0) is 29.2 Å². The predicted octanol–water partition coefficient (Wildman–Crippen LogP) is 3.56. The number of anilines is 1. The van der Waals surface area contributed by atoms with Crippen molar-refractivity contribution in [2.45, 2.75) is 44.8 Å². The van der Waals surface area contributed by atoms with Crippen LogP contribution in [0.1, 0.15) is 43.7 Å². The van der Waals surface area contributed by atoms with Crippen molar-refractivity contribution in [1.29, 1.82) is 0 Å². The molecule has 1 spiro atoms. The first-order valence-electron chi connectivity index (χ1n) is 9.81. The number of rotatable bonds is 5. The maximum absolute atomic E-state index is 12.5. The van der Waals surface area contributed by atoms with Crippen LogP contribution in [0.3, 0.4) is 0 Å². The van der Waals surface area contributed by atoms with Crippen molar-refractivity contribution >= 4 is 17.3 Å². The van der Waals surface area contributed by atoms with E-state index in [4.69, 9.17) is 4.84 Å². The first kappa shape index (κ1) is 18.6. The van der Waals surface area contributed by atoms with Gasteiger partial charge in [0.25, 0.3) is 5.91 Å². The van der Waals surface area contributed by atoms with Crippen molar-refractivity contribution in [1.82, 2.24) is 9.88 Å². The van der Waals surface area contributed by atoms with Crippen LogP contribution in [-0.4, -0.2) is 40.2 Å². The zero-order valence-corrected chi connectivity index (χ0v) is 16.4. The highest BCUT2D eigenvalue weighted by molar-refractivity contribution is 6.43. The highest BCUT2D eigenvalue weighted by Gasteiger charge is 2.46. The summed E-state index contributed by atoms with van der Waals surface area (Å²) in [7, 11) is 0. The molecule has 2 aliphatic rings. The molecule has 1 amide bonds. The van der Waals surface area contributed by atoms with E-state index in [1.54, 1.807) is 24.5 Å². The van der Waals surface area contributed by atoms with Crippen LogP contribution in [0, 0.1) is 0 Å². The molecule has 0 bridgehead atoms. The molecule has 6 nitrogen and oxygen atoms in total. The fourth-order valence-corrected chi connectivity index (χ4v) is 3.83. The minimum Gasteiger partial charge on any atom is -0.387 e. The fraction of sp³-hybridized carbons (Fsp3) is 0.409. The number of likely N-dealkylation sites (tertiary alicyclic amines) is 1. The molecular weight excluding hydrogens is 352 g/mol. The summed E-state index contributed by atoms with van der Waals surface area (Å²) in [5.41, 5.74) is 3.40. The summed E-state index contributed by atoms with van der Waals surface area (Å²) >= 11 is 0. The number of nitrogens with one attached hydrogen (secondary N) is 1. The van der Waals surface area contributed by atoms with Crippen molar-refractivity contribution in [3.63, 3.8) is 0 Å². The second-order valence-corrected chi connectivity index (χ2v) is 8.04. The summed E-state index contributed by atoms with van der Waals surface area (Å²) in [5, 5.41) is 6.93. The molecule has 1 fully saturated rings. The molecular formula is C22H26N4O2. The highest BCUT2D eigenvalue weighted by atomic mass is 16.7. The van der Waals surface area contributed by atoms with Crippen LogP contribution in [0.2, 0.25) is 0 Å². The number of nitrogens with zero attached hydrogens (tertiary/aromatic N) is 3. The van der Waals surface area contributed by atoms with Gasteiger partial charge in [0, 0.05) is 38.7 Å². The van der Waals surface area contributed by atoms with Crippen LogP contribution < -0.4 is 5.32 Å². The summed E-state index contributed by atoms with van der Waals surface area (Å²) in [6.07, 6.45) is 4.71. The lowest BCUT2D eigenvalue weighted by molar-refractivity contribution is -0.110. The van der Waals surface area contributed by atoms with E-state index in [1.807, 2.05) is 0 Å². The van der Waals surface area contributed by atoms with Gasteiger partial charge >= 0.3 is 0 Å². The summed E-state index contributed by atoms with van der Waals surface area (Å²) in [5.74, 6) is 0.331. The van der Waals surface area contributed by atoms with Gasteiger partial charge in [-0.1, -0.05) is 43.3 Å². The van der Waals surface area contributed by atoms with Gasteiger partial charge < -0.3 is 10.2 Å². The van der Waals surface area contributed by atoms with Gasteiger partial charge in [0.05, 0.1) is 11.9 Å². The van der Waals surface area contributed by atoms with E-state index in [0.717, 1.165) is 26.1 Å². The minimum atomic E-state index is -0.376. The molecule has 1 N–H and O–H groups in total. The zero-order valence-electron chi connectivity index (χ0n) is 16.4. The lowest BCUT2D eigenvalue weighted by atomic mass is 9.96. The third-order valence-corrected chi connectivity index (χ3v) is 5.47. The number of amides is 1. The Morgan fingerprint density at radius 2 is 2.11 bits per heavy atom. The number of aromatic nitrogens is 1. The number of hydrogen-bond donors (Lipinski definition) is 1. The van der Waals surface area contributed by atoms with Crippen molar-refractivity contribution in [3.8, 4) is 0 Å². The number of carbonyl (C=O) groups is 1. The number of benzene rings is 1. The van der Waals surface area contributed by atoms with Crippen LogP contribution in [-0.2, 0) is 16.2 Å². The van der Waals surface area contributed by atoms with Crippen molar-refractivity contribution in [2.24, 2.45) is 5.16 Å². The molecule has 1 atom stereocenters. The quantitative estimate of drug-likeness (QED) is 0.864. The number of hydrogen-bond acceptors (Lipinski definition) is 5. The maximum atomic E-state index is 12.5. The van der Waals surface area contributed by atoms with Gasteiger partial charge in [-0.25, -0.2) is 0 Å². The molecule has 2 aliphatic heterocycles. The standard InChI is InChI=1S/C22H26N4O2/c1-16(2)18-7-5-17(6-8-18)14-26-11-9-22(15-26)12-20(25-28-22)21(27)24-19-4-3-10-23-13-19/h3-8,10,13,16H,9,11-12,14-15H2,1-2H3,(H,24,27)/t22-/m1/s1. The van der Waals surface area contributed by atoms with Crippen molar-refractivity contribution < 1.29 is 9.63 Å². The van der Waals surface area contributed by atoms with Crippen molar-refractivity contribution in [2.75, 3.05) is 18.4 Å². The summed E-state index contributed by atoms with van der Waals surface area (Å²) in [6.45, 7) is 7.03. The van der Waals surface area contributed by atoms with Crippen LogP contribution >= 0.6 is 0 Å².